The van der Waals surface area contributed by atoms with Crippen molar-refractivity contribution < 1.29 is 33.7 Å². The molecule has 1 aromatic carbocycles. The summed E-state index contributed by atoms with van der Waals surface area (Å²) in [7, 11) is 1.54. The van der Waals surface area contributed by atoms with E-state index in [9.17, 15) is 19.5 Å². The summed E-state index contributed by atoms with van der Waals surface area (Å²) in [5, 5.41) is 10.6. The summed E-state index contributed by atoms with van der Waals surface area (Å²) in [6, 6.07) is 3.21. The maximum atomic E-state index is 13.6. The fourth-order valence-corrected chi connectivity index (χ4v) is 6.49. The first-order valence-corrected chi connectivity index (χ1v) is 14.8. The lowest BCUT2D eigenvalue weighted by Gasteiger charge is -2.31. The highest BCUT2D eigenvalue weighted by atomic mass is 16.7. The third-order valence-corrected chi connectivity index (χ3v) is 8.54. The minimum Gasteiger partial charge on any atom is -0.493 e. The van der Waals surface area contributed by atoms with Gasteiger partial charge in [-0.1, -0.05) is 27.2 Å². The first kappa shape index (κ1) is 30.9. The highest BCUT2D eigenvalue weighted by Crippen LogP contribution is 2.47. The van der Waals surface area contributed by atoms with Gasteiger partial charge in [0.25, 0.3) is 0 Å². The summed E-state index contributed by atoms with van der Waals surface area (Å²) in [5.41, 5.74) is 6.40. The maximum Gasteiger partial charge on any atom is 0.308 e. The van der Waals surface area contributed by atoms with E-state index in [2.05, 4.69) is 20.8 Å². The van der Waals surface area contributed by atoms with Crippen LogP contribution in [0.25, 0.3) is 0 Å². The van der Waals surface area contributed by atoms with Crippen molar-refractivity contribution in [2.45, 2.75) is 64.8 Å². The number of amides is 2. The molecule has 0 aliphatic carbocycles. The lowest BCUT2D eigenvalue weighted by atomic mass is 9.84. The Morgan fingerprint density at radius 2 is 1.98 bits per heavy atom. The number of nitrogens with two attached hydrogens (primary N) is 1. The van der Waals surface area contributed by atoms with Gasteiger partial charge in [0.05, 0.1) is 19.6 Å². The summed E-state index contributed by atoms with van der Waals surface area (Å²) in [6.45, 7) is 9.61. The summed E-state index contributed by atoms with van der Waals surface area (Å²) in [5.74, 6) is -0.540. The van der Waals surface area contributed by atoms with Gasteiger partial charge in [-0.25, -0.2) is 0 Å². The highest BCUT2D eigenvalue weighted by molar-refractivity contribution is 5.80. The molecule has 4 rings (SSSR count). The van der Waals surface area contributed by atoms with Crippen molar-refractivity contribution in [1.29, 1.82) is 0 Å². The predicted octanol–water partition coefficient (Wildman–Crippen LogP) is 2.52. The number of ether oxygens (including phenoxy) is 3. The molecule has 0 radical (unpaired) electrons. The van der Waals surface area contributed by atoms with Crippen molar-refractivity contribution in [1.82, 2.24) is 14.7 Å². The van der Waals surface area contributed by atoms with Gasteiger partial charge < -0.3 is 34.9 Å². The molecule has 11 nitrogen and oxygen atoms in total. The summed E-state index contributed by atoms with van der Waals surface area (Å²) in [6.07, 6.45) is 3.51. The van der Waals surface area contributed by atoms with Gasteiger partial charge in [0.15, 0.2) is 11.5 Å². The molecule has 3 aliphatic rings. The van der Waals surface area contributed by atoms with Gasteiger partial charge >= 0.3 is 5.97 Å². The Bertz CT molecular complexity index is 1100. The second-order valence-electron chi connectivity index (χ2n) is 12.2. The Morgan fingerprint density at radius 3 is 2.61 bits per heavy atom. The normalized spacial score (nSPS) is 23.3. The highest BCUT2D eigenvalue weighted by Gasteiger charge is 2.48. The third kappa shape index (κ3) is 7.06. The minimum absolute atomic E-state index is 0.0247. The third-order valence-electron chi connectivity index (χ3n) is 8.54. The number of hydrogen-bond acceptors (Lipinski definition) is 8. The molecule has 3 aliphatic heterocycles. The molecule has 0 spiro atoms. The van der Waals surface area contributed by atoms with Crippen LogP contribution in [0, 0.1) is 11.3 Å². The molecule has 228 valence electrons. The topological polar surface area (TPSA) is 135 Å². The Labute approximate surface area is 242 Å². The van der Waals surface area contributed by atoms with E-state index in [1.165, 1.54) is 0 Å². The maximum absolute atomic E-state index is 13.6. The van der Waals surface area contributed by atoms with Crippen LogP contribution < -0.4 is 19.9 Å². The lowest BCUT2D eigenvalue weighted by Crippen LogP contribution is -2.46. The number of carboxylic acids is 1. The van der Waals surface area contributed by atoms with Crippen LogP contribution in [0.2, 0.25) is 0 Å². The smallest absolute Gasteiger partial charge is 0.308 e. The molecule has 41 heavy (non-hydrogen) atoms. The van der Waals surface area contributed by atoms with E-state index in [-0.39, 0.29) is 30.6 Å². The molecule has 0 bridgehead atoms. The number of rotatable bonds is 14. The van der Waals surface area contributed by atoms with Gasteiger partial charge in [0.1, 0.15) is 0 Å². The van der Waals surface area contributed by atoms with Crippen LogP contribution >= 0.6 is 0 Å². The average molecular weight is 575 g/mol. The van der Waals surface area contributed by atoms with E-state index in [4.69, 9.17) is 19.9 Å². The Morgan fingerprint density at radius 1 is 1.22 bits per heavy atom. The van der Waals surface area contributed by atoms with E-state index in [0.717, 1.165) is 18.4 Å². The molecular weight excluding hydrogens is 528 g/mol. The number of likely N-dealkylation sites (tertiary alicyclic amines) is 2. The molecule has 0 aromatic heterocycles. The second kappa shape index (κ2) is 13.3. The zero-order valence-corrected chi connectivity index (χ0v) is 24.9. The number of fused-ring (bicyclic) bond motifs is 1. The number of methoxy groups -OCH3 is 1. The van der Waals surface area contributed by atoms with Crippen LogP contribution in [-0.4, -0.2) is 103 Å². The number of carbonyl (C=O) groups excluding carboxylic acids is 2. The number of unbranched alkanes of at least 4 members (excludes halogenated alkanes) is 1. The van der Waals surface area contributed by atoms with Gasteiger partial charge in [-0.2, -0.15) is 0 Å². The fraction of sp³-hybridized carbons (Fsp3) is 0.700. The molecular formula is C30H46N4O7. The number of nitrogens with zero attached hydrogens (tertiary/aromatic N) is 3. The first-order chi connectivity index (χ1) is 19.6. The van der Waals surface area contributed by atoms with E-state index in [1.807, 2.05) is 26.8 Å². The van der Waals surface area contributed by atoms with E-state index in [1.54, 1.807) is 7.11 Å². The second-order valence-corrected chi connectivity index (χ2v) is 12.2. The average Bonchev–Trinajstić information content (AvgIpc) is 3.61. The molecule has 3 atom stereocenters. The molecule has 3 N–H and O–H groups in total. The van der Waals surface area contributed by atoms with Crippen LogP contribution in [0.3, 0.4) is 0 Å². The quantitative estimate of drug-likeness (QED) is 0.344. The molecule has 0 saturated carbocycles. The number of carboxylic acid groups (broad SMARTS) is 1. The number of benzene rings is 1. The Balaban J connectivity index is 1.62. The molecule has 2 saturated heterocycles. The van der Waals surface area contributed by atoms with Crippen molar-refractivity contribution >= 4 is 17.8 Å². The molecule has 11 heteroatoms. The zero-order valence-electron chi connectivity index (χ0n) is 24.9. The van der Waals surface area contributed by atoms with Gasteiger partial charge in [0, 0.05) is 51.1 Å². The van der Waals surface area contributed by atoms with Crippen LogP contribution in [0.4, 0.5) is 0 Å². The molecule has 3 heterocycles. The van der Waals surface area contributed by atoms with Crippen molar-refractivity contribution in [3.8, 4) is 17.2 Å². The molecule has 3 unspecified atom stereocenters. The molecule has 2 fully saturated rings. The van der Waals surface area contributed by atoms with E-state index >= 15 is 0 Å². The zero-order chi connectivity index (χ0) is 29.7. The lowest BCUT2D eigenvalue weighted by molar-refractivity contribution is -0.144. The standard InChI is InChI=1S/C30H46N4O7/c1-5-6-10-32(11-7-9-31)26(36)17-34-16-21(20-13-23(39-4)28-24(14-20)40-19-41-28)27(29(37)38)22(34)8-12-33-18-30(2,3)15-25(33)35/h13-14,21-22,27H,5-12,15-19,31H2,1-4H3,(H,37,38). The summed E-state index contributed by atoms with van der Waals surface area (Å²) >= 11 is 0. The minimum atomic E-state index is -0.925. The largest absolute Gasteiger partial charge is 0.493 e. The number of aliphatic carboxylic acids is 1. The SMILES string of the molecule is CCCCN(CCCN)C(=O)CN1CC(c2cc(OC)c3c(c2)OCO3)C(C(=O)O)C1CCN1CC(C)(C)CC1=O. The van der Waals surface area contributed by atoms with E-state index < -0.39 is 23.8 Å². The molecule has 1 aromatic rings. The van der Waals surface area contributed by atoms with Crippen LogP contribution in [0.1, 0.15) is 64.4 Å². The van der Waals surface area contributed by atoms with Crippen molar-refractivity contribution in [3.63, 3.8) is 0 Å². The van der Waals surface area contributed by atoms with Crippen LogP contribution in [-0.2, 0) is 14.4 Å². The monoisotopic (exact) mass is 574 g/mol. The van der Waals surface area contributed by atoms with Gasteiger partial charge in [-0.15, -0.1) is 0 Å². The van der Waals surface area contributed by atoms with Gasteiger partial charge in [-0.05, 0) is 48.9 Å². The Kier molecular flexibility index (Phi) is 10.0. The van der Waals surface area contributed by atoms with Crippen molar-refractivity contribution in [2.75, 3.05) is 59.7 Å². The number of carbonyl (C=O) groups is 3. The van der Waals surface area contributed by atoms with Crippen molar-refractivity contribution in [2.24, 2.45) is 17.1 Å². The van der Waals surface area contributed by atoms with Crippen molar-refractivity contribution in [3.05, 3.63) is 17.7 Å². The Hall–Kier alpha value is -3.05. The molecule has 2 amide bonds. The van der Waals surface area contributed by atoms with Crippen LogP contribution in [0.5, 0.6) is 17.2 Å². The predicted molar refractivity (Wildman–Crippen MR) is 153 cm³/mol. The fourth-order valence-electron chi connectivity index (χ4n) is 6.49. The first-order valence-electron chi connectivity index (χ1n) is 14.8. The van der Waals surface area contributed by atoms with Gasteiger partial charge in [0.2, 0.25) is 24.4 Å². The van der Waals surface area contributed by atoms with E-state index in [0.29, 0.717) is 75.8 Å². The van der Waals surface area contributed by atoms with Crippen LogP contribution in [0.15, 0.2) is 12.1 Å². The summed E-state index contributed by atoms with van der Waals surface area (Å²) < 4.78 is 16.7. The van der Waals surface area contributed by atoms with Gasteiger partial charge in [-0.3, -0.25) is 19.3 Å². The summed E-state index contributed by atoms with van der Waals surface area (Å²) in [4.78, 5) is 44.9. The number of hydrogen-bond donors (Lipinski definition) is 2.